The minimum Gasteiger partial charge on any atom is -0.493 e. The number of benzene rings is 2. The van der Waals surface area contributed by atoms with Crippen LogP contribution in [0.15, 0.2) is 65.3 Å². The fourth-order valence-corrected chi connectivity index (χ4v) is 4.27. The molecular weight excluding hydrogens is 458 g/mol. The van der Waals surface area contributed by atoms with E-state index in [2.05, 4.69) is 11.4 Å². The molecule has 2 aromatic rings. The lowest BCUT2D eigenvalue weighted by molar-refractivity contribution is -0.118. The number of methoxy groups -OCH3 is 1. The third-order valence-corrected chi connectivity index (χ3v) is 5.83. The lowest BCUT2D eigenvalue weighted by Gasteiger charge is -2.31. The van der Waals surface area contributed by atoms with Crippen molar-refractivity contribution in [2.75, 3.05) is 19.0 Å². The molecular formula is C25H22ClN3O5. The van der Waals surface area contributed by atoms with Crippen LogP contribution in [-0.4, -0.2) is 25.4 Å². The molecule has 3 N–H and O–H groups in total. The summed E-state index contributed by atoms with van der Waals surface area (Å²) in [7, 11) is 1.47. The summed E-state index contributed by atoms with van der Waals surface area (Å²) in [6.07, 6.45) is 1.64. The predicted molar refractivity (Wildman–Crippen MR) is 125 cm³/mol. The second-order valence-electron chi connectivity index (χ2n) is 7.80. The first-order valence-corrected chi connectivity index (χ1v) is 11.0. The highest BCUT2D eigenvalue weighted by molar-refractivity contribution is 6.30. The highest BCUT2D eigenvalue weighted by Crippen LogP contribution is 2.45. The minimum absolute atomic E-state index is 0.00192. The first kappa shape index (κ1) is 23.2. The molecule has 0 saturated carbocycles. The number of Topliss-reactive ketones (excluding diaryl/α,β-unsaturated/α-hetero) is 1. The van der Waals surface area contributed by atoms with Crippen LogP contribution in [0.4, 0.5) is 5.69 Å². The Morgan fingerprint density at radius 3 is 2.82 bits per heavy atom. The van der Waals surface area contributed by atoms with Crippen LogP contribution >= 0.6 is 11.6 Å². The van der Waals surface area contributed by atoms with Crippen molar-refractivity contribution >= 4 is 29.0 Å². The van der Waals surface area contributed by atoms with E-state index in [0.29, 0.717) is 58.4 Å². The topological polar surface area (TPSA) is 124 Å². The van der Waals surface area contributed by atoms with Gasteiger partial charge in [0.2, 0.25) is 5.88 Å². The third kappa shape index (κ3) is 4.70. The zero-order chi connectivity index (χ0) is 24.2. The van der Waals surface area contributed by atoms with E-state index in [1.165, 1.54) is 7.11 Å². The lowest BCUT2D eigenvalue weighted by atomic mass is 9.77. The first-order valence-electron chi connectivity index (χ1n) is 10.6. The molecule has 0 radical (unpaired) electrons. The van der Waals surface area contributed by atoms with Gasteiger partial charge in [-0.1, -0.05) is 23.7 Å². The molecule has 2 aromatic carbocycles. The summed E-state index contributed by atoms with van der Waals surface area (Å²) in [6, 6.07) is 13.9. The maximum Gasteiger partial charge on any atom is 0.262 e. The van der Waals surface area contributed by atoms with Crippen molar-refractivity contribution in [1.82, 2.24) is 0 Å². The van der Waals surface area contributed by atoms with E-state index >= 15 is 0 Å². The van der Waals surface area contributed by atoms with E-state index in [0.717, 1.165) is 0 Å². The SMILES string of the molecule is COc1cc([C@H]2C(C#N)=C(N)OC3=C2C(=O)CCC3)ccc1OCC(=O)Nc1cccc(Cl)c1. The van der Waals surface area contributed by atoms with Gasteiger partial charge in [0.15, 0.2) is 23.9 Å². The number of nitriles is 1. The number of amides is 1. The normalized spacial score (nSPS) is 17.4. The molecule has 0 spiro atoms. The number of hydrogen-bond donors (Lipinski definition) is 2. The van der Waals surface area contributed by atoms with Crippen molar-refractivity contribution in [2.24, 2.45) is 5.73 Å². The van der Waals surface area contributed by atoms with Crippen LogP contribution in [-0.2, 0) is 14.3 Å². The molecule has 1 aliphatic heterocycles. The van der Waals surface area contributed by atoms with Gasteiger partial charge in [0.1, 0.15) is 17.4 Å². The molecule has 1 aliphatic carbocycles. The van der Waals surface area contributed by atoms with E-state index in [9.17, 15) is 14.9 Å². The maximum absolute atomic E-state index is 12.7. The number of carbonyl (C=O) groups is 2. The summed E-state index contributed by atoms with van der Waals surface area (Å²) in [5.74, 6) is 0.0923. The quantitative estimate of drug-likeness (QED) is 0.636. The summed E-state index contributed by atoms with van der Waals surface area (Å²) in [6.45, 7) is -0.260. The van der Waals surface area contributed by atoms with Gasteiger partial charge in [0, 0.05) is 29.1 Å². The molecule has 1 amide bonds. The molecule has 0 unspecified atom stereocenters. The van der Waals surface area contributed by atoms with E-state index in [-0.39, 0.29) is 29.8 Å². The van der Waals surface area contributed by atoms with Gasteiger partial charge in [-0.15, -0.1) is 0 Å². The fraction of sp³-hybridized carbons (Fsp3) is 0.240. The number of ether oxygens (including phenoxy) is 3. The van der Waals surface area contributed by atoms with Gasteiger partial charge in [-0.2, -0.15) is 5.26 Å². The number of hydrogen-bond acceptors (Lipinski definition) is 7. The highest BCUT2D eigenvalue weighted by atomic mass is 35.5. The van der Waals surface area contributed by atoms with E-state index in [1.807, 2.05) is 0 Å². The average Bonchev–Trinajstić information content (AvgIpc) is 2.82. The van der Waals surface area contributed by atoms with E-state index in [4.69, 9.17) is 31.5 Å². The summed E-state index contributed by atoms with van der Waals surface area (Å²) in [5, 5.41) is 12.9. The van der Waals surface area contributed by atoms with Crippen LogP contribution in [0, 0.1) is 11.3 Å². The smallest absolute Gasteiger partial charge is 0.262 e. The highest BCUT2D eigenvalue weighted by Gasteiger charge is 2.38. The van der Waals surface area contributed by atoms with Crippen molar-refractivity contribution in [3.63, 3.8) is 0 Å². The van der Waals surface area contributed by atoms with Gasteiger partial charge in [-0.25, -0.2) is 0 Å². The largest absolute Gasteiger partial charge is 0.493 e. The van der Waals surface area contributed by atoms with Crippen LogP contribution in [0.5, 0.6) is 11.5 Å². The molecule has 1 heterocycles. The molecule has 174 valence electrons. The summed E-state index contributed by atoms with van der Waals surface area (Å²) >= 11 is 5.94. The van der Waals surface area contributed by atoms with Crippen LogP contribution in [0.3, 0.4) is 0 Å². The van der Waals surface area contributed by atoms with Crippen molar-refractivity contribution in [1.29, 1.82) is 5.26 Å². The number of rotatable bonds is 6. The Hall–Kier alpha value is -3.96. The standard InChI is InChI=1S/C25H22ClN3O5/c1-32-21-10-14(23-17(12-27)25(28)34-20-7-3-6-18(30)24(20)23)8-9-19(21)33-13-22(31)29-16-5-2-4-15(26)11-16/h2,4-5,8-11,23H,3,6-7,13,28H2,1H3,(H,29,31)/t23-/m0/s1. The van der Waals surface area contributed by atoms with Gasteiger partial charge in [0.05, 0.1) is 13.0 Å². The predicted octanol–water partition coefficient (Wildman–Crippen LogP) is 4.18. The number of nitrogens with two attached hydrogens (primary N) is 1. The van der Waals surface area contributed by atoms with Gasteiger partial charge >= 0.3 is 0 Å². The van der Waals surface area contributed by atoms with Crippen molar-refractivity contribution < 1.29 is 23.8 Å². The fourth-order valence-electron chi connectivity index (χ4n) is 4.08. The number of carbonyl (C=O) groups excluding carboxylic acids is 2. The van der Waals surface area contributed by atoms with Gasteiger partial charge in [0.25, 0.3) is 5.91 Å². The molecule has 9 heteroatoms. The van der Waals surface area contributed by atoms with Crippen LogP contribution in [0.25, 0.3) is 0 Å². The molecule has 0 fully saturated rings. The number of ketones is 1. The summed E-state index contributed by atoms with van der Waals surface area (Å²) < 4.78 is 16.7. The molecule has 34 heavy (non-hydrogen) atoms. The second-order valence-corrected chi connectivity index (χ2v) is 8.23. The van der Waals surface area contributed by atoms with Crippen molar-refractivity contribution in [3.05, 3.63) is 75.8 Å². The number of nitrogens with zero attached hydrogens (tertiary/aromatic N) is 1. The molecule has 0 aromatic heterocycles. The number of anilines is 1. The summed E-state index contributed by atoms with van der Waals surface area (Å²) in [5.41, 5.74) is 7.82. The van der Waals surface area contributed by atoms with Crippen LogP contribution in [0.1, 0.15) is 30.7 Å². The van der Waals surface area contributed by atoms with Crippen molar-refractivity contribution in [2.45, 2.75) is 25.2 Å². The van der Waals surface area contributed by atoms with E-state index in [1.54, 1.807) is 42.5 Å². The van der Waals surface area contributed by atoms with Crippen molar-refractivity contribution in [3.8, 4) is 17.6 Å². The zero-order valence-corrected chi connectivity index (χ0v) is 19.1. The van der Waals surface area contributed by atoms with Crippen LogP contribution in [0.2, 0.25) is 5.02 Å². The van der Waals surface area contributed by atoms with Gasteiger partial charge in [-0.05, 0) is 42.3 Å². The molecule has 8 nitrogen and oxygen atoms in total. The van der Waals surface area contributed by atoms with Crippen LogP contribution < -0.4 is 20.5 Å². The maximum atomic E-state index is 12.7. The summed E-state index contributed by atoms with van der Waals surface area (Å²) in [4.78, 5) is 25.0. The number of nitrogens with one attached hydrogen (secondary N) is 1. The van der Waals surface area contributed by atoms with Gasteiger partial charge < -0.3 is 25.3 Å². The average molecular weight is 480 g/mol. The Morgan fingerprint density at radius 1 is 1.26 bits per heavy atom. The zero-order valence-electron chi connectivity index (χ0n) is 18.4. The Balaban J connectivity index is 1.57. The lowest BCUT2D eigenvalue weighted by Crippen LogP contribution is -2.27. The Morgan fingerprint density at radius 2 is 2.09 bits per heavy atom. The van der Waals surface area contributed by atoms with Gasteiger partial charge in [-0.3, -0.25) is 9.59 Å². The molecule has 1 atom stereocenters. The Labute approximate surface area is 201 Å². The monoisotopic (exact) mass is 479 g/mol. The minimum atomic E-state index is -0.657. The Bertz CT molecular complexity index is 1260. The number of allylic oxidation sites excluding steroid dienone is 3. The van der Waals surface area contributed by atoms with E-state index < -0.39 is 5.92 Å². The first-order chi connectivity index (χ1) is 16.4. The number of halogens is 1. The molecule has 0 bridgehead atoms. The molecule has 2 aliphatic rings. The Kier molecular flexibility index (Phi) is 6.75. The third-order valence-electron chi connectivity index (χ3n) is 5.59. The second kappa shape index (κ2) is 9.89. The molecule has 4 rings (SSSR count). The molecule has 0 saturated heterocycles.